The highest BCUT2D eigenvalue weighted by Gasteiger charge is 2.17. The maximum absolute atomic E-state index is 5.88. The average molecular weight is 476 g/mol. The number of nitrogens with zero attached hydrogens (tertiary/aromatic N) is 4. The van der Waals surface area contributed by atoms with Crippen LogP contribution in [0.5, 0.6) is 5.75 Å². The summed E-state index contributed by atoms with van der Waals surface area (Å²) in [7, 11) is 0. The van der Waals surface area contributed by atoms with Crippen molar-refractivity contribution in [3.05, 3.63) is 76.2 Å². The van der Waals surface area contributed by atoms with Crippen LogP contribution in [0.25, 0.3) is 10.2 Å². The van der Waals surface area contributed by atoms with Crippen molar-refractivity contribution in [1.82, 2.24) is 19.9 Å². The summed E-state index contributed by atoms with van der Waals surface area (Å²) in [5, 5.41) is 4.71. The van der Waals surface area contributed by atoms with Crippen molar-refractivity contribution in [2.75, 3.05) is 31.6 Å². The van der Waals surface area contributed by atoms with Gasteiger partial charge < -0.3 is 14.8 Å². The molecule has 0 radical (unpaired) electrons. The minimum absolute atomic E-state index is 0.507. The van der Waals surface area contributed by atoms with Gasteiger partial charge >= 0.3 is 0 Å². The maximum Gasteiger partial charge on any atom is 0.146 e. The van der Waals surface area contributed by atoms with Gasteiger partial charge in [-0.15, -0.1) is 11.3 Å². The predicted octanol–water partition coefficient (Wildman–Crippen LogP) is 4.73. The van der Waals surface area contributed by atoms with Crippen molar-refractivity contribution in [1.29, 1.82) is 0 Å². The molecule has 1 saturated heterocycles. The highest BCUT2D eigenvalue weighted by Crippen LogP contribution is 2.33. The molecular formula is C26H29N5O2S. The Hall–Kier alpha value is -3.07. The summed E-state index contributed by atoms with van der Waals surface area (Å²) in [5.74, 6) is 2.61. The van der Waals surface area contributed by atoms with Gasteiger partial charge in [0.25, 0.3) is 0 Å². The Bertz CT molecular complexity index is 1240. The third-order valence-corrected chi connectivity index (χ3v) is 7.16. The lowest BCUT2D eigenvalue weighted by molar-refractivity contribution is 0.0331. The minimum Gasteiger partial charge on any atom is -0.489 e. The van der Waals surface area contributed by atoms with Gasteiger partial charge in [0.05, 0.1) is 25.1 Å². The van der Waals surface area contributed by atoms with Crippen LogP contribution in [0.4, 0.5) is 5.82 Å². The molecule has 1 aliphatic heterocycles. The number of hydrogen-bond donors (Lipinski definition) is 1. The molecule has 1 aliphatic rings. The molecule has 0 amide bonds. The van der Waals surface area contributed by atoms with Crippen LogP contribution in [-0.4, -0.2) is 46.2 Å². The minimum atomic E-state index is 0.507. The van der Waals surface area contributed by atoms with Crippen molar-refractivity contribution < 1.29 is 9.47 Å². The summed E-state index contributed by atoms with van der Waals surface area (Å²) in [5.41, 5.74) is 3.47. The monoisotopic (exact) mass is 475 g/mol. The first kappa shape index (κ1) is 22.7. The fourth-order valence-corrected chi connectivity index (χ4v) is 5.04. The van der Waals surface area contributed by atoms with Crippen LogP contribution in [0, 0.1) is 13.8 Å². The third-order valence-electron chi connectivity index (χ3n) is 6.06. The van der Waals surface area contributed by atoms with Gasteiger partial charge in [0.15, 0.2) is 0 Å². The largest absolute Gasteiger partial charge is 0.489 e. The number of thiophene rings is 1. The lowest BCUT2D eigenvalue weighted by atomic mass is 10.2. The molecule has 34 heavy (non-hydrogen) atoms. The van der Waals surface area contributed by atoms with Gasteiger partial charge in [-0.1, -0.05) is 18.2 Å². The molecule has 0 saturated carbocycles. The lowest BCUT2D eigenvalue weighted by Gasteiger charge is -2.25. The first-order valence-electron chi connectivity index (χ1n) is 11.6. The van der Waals surface area contributed by atoms with E-state index in [0.717, 1.165) is 66.0 Å². The average Bonchev–Trinajstić information content (AvgIpc) is 3.16. The smallest absolute Gasteiger partial charge is 0.146 e. The Morgan fingerprint density at radius 1 is 1.06 bits per heavy atom. The topological polar surface area (TPSA) is 72.4 Å². The van der Waals surface area contributed by atoms with Gasteiger partial charge in [0.1, 0.15) is 28.8 Å². The van der Waals surface area contributed by atoms with Gasteiger partial charge in [0.2, 0.25) is 0 Å². The number of hydrogen-bond acceptors (Lipinski definition) is 8. The van der Waals surface area contributed by atoms with E-state index in [0.29, 0.717) is 13.2 Å². The van der Waals surface area contributed by atoms with Gasteiger partial charge in [0, 0.05) is 42.5 Å². The van der Waals surface area contributed by atoms with Crippen LogP contribution < -0.4 is 10.1 Å². The zero-order valence-corrected chi connectivity index (χ0v) is 20.4. The Morgan fingerprint density at radius 3 is 2.65 bits per heavy atom. The van der Waals surface area contributed by atoms with E-state index in [2.05, 4.69) is 41.2 Å². The first-order valence-corrected chi connectivity index (χ1v) is 12.4. The Kier molecular flexibility index (Phi) is 6.99. The van der Waals surface area contributed by atoms with E-state index in [-0.39, 0.29) is 0 Å². The van der Waals surface area contributed by atoms with E-state index >= 15 is 0 Å². The molecular weight excluding hydrogens is 446 g/mol. The van der Waals surface area contributed by atoms with E-state index in [1.54, 1.807) is 17.5 Å². The molecule has 1 fully saturated rings. The number of rotatable bonds is 8. The molecule has 1 aromatic carbocycles. The molecule has 8 heteroatoms. The van der Waals surface area contributed by atoms with Crippen molar-refractivity contribution in [2.24, 2.45) is 0 Å². The van der Waals surface area contributed by atoms with E-state index in [4.69, 9.17) is 19.4 Å². The number of ether oxygens (including phenoxy) is 2. The molecule has 3 aromatic heterocycles. The first-order chi connectivity index (χ1) is 16.7. The lowest BCUT2D eigenvalue weighted by Crippen LogP contribution is -2.36. The number of nitrogens with one attached hydrogen (secondary N) is 1. The standard InChI is InChI=1S/C26H29N5O2S/c1-18-19(2)34-26-24(18)25(29-23(30-26)16-31-10-12-32-13-11-31)28-15-20-5-7-22(8-6-20)33-17-21-4-3-9-27-14-21/h3-9,14H,10-13,15-17H2,1-2H3,(H,28,29,30). The van der Waals surface area contributed by atoms with E-state index in [9.17, 15) is 0 Å². The molecule has 176 valence electrons. The number of aromatic nitrogens is 3. The Balaban J connectivity index is 1.28. The fourth-order valence-electron chi connectivity index (χ4n) is 3.99. The molecule has 4 aromatic rings. The van der Waals surface area contributed by atoms with Gasteiger partial charge in [-0.05, 0) is 43.2 Å². The predicted molar refractivity (Wildman–Crippen MR) is 135 cm³/mol. The van der Waals surface area contributed by atoms with Crippen molar-refractivity contribution in [2.45, 2.75) is 33.5 Å². The second kappa shape index (κ2) is 10.5. The normalized spacial score (nSPS) is 14.4. The summed E-state index contributed by atoms with van der Waals surface area (Å²) in [4.78, 5) is 18.6. The molecule has 7 nitrogen and oxygen atoms in total. The third kappa shape index (κ3) is 5.35. The van der Waals surface area contributed by atoms with Crippen LogP contribution in [-0.2, 0) is 24.4 Å². The van der Waals surface area contributed by atoms with Crippen LogP contribution in [0.3, 0.4) is 0 Å². The number of benzene rings is 1. The summed E-state index contributed by atoms with van der Waals surface area (Å²) in [6, 6.07) is 12.1. The maximum atomic E-state index is 5.88. The van der Waals surface area contributed by atoms with E-state index < -0.39 is 0 Å². The number of pyridine rings is 1. The van der Waals surface area contributed by atoms with Crippen molar-refractivity contribution >= 4 is 27.4 Å². The highest BCUT2D eigenvalue weighted by atomic mass is 32.1. The van der Waals surface area contributed by atoms with Crippen LogP contribution in [0.1, 0.15) is 27.4 Å². The molecule has 0 bridgehead atoms. The van der Waals surface area contributed by atoms with E-state index in [1.165, 1.54) is 16.0 Å². The SMILES string of the molecule is Cc1sc2nc(CN3CCOCC3)nc(NCc3ccc(OCc4cccnc4)cc3)c2c1C. The van der Waals surface area contributed by atoms with Crippen molar-refractivity contribution in [3.8, 4) is 5.75 Å². The molecule has 0 aliphatic carbocycles. The summed E-state index contributed by atoms with van der Waals surface area (Å²) in [6.07, 6.45) is 3.59. The summed E-state index contributed by atoms with van der Waals surface area (Å²) < 4.78 is 11.4. The Morgan fingerprint density at radius 2 is 1.88 bits per heavy atom. The molecule has 0 atom stereocenters. The number of anilines is 1. The van der Waals surface area contributed by atoms with Crippen molar-refractivity contribution in [3.63, 3.8) is 0 Å². The van der Waals surface area contributed by atoms with Crippen LogP contribution >= 0.6 is 11.3 Å². The van der Waals surface area contributed by atoms with Crippen LogP contribution in [0.2, 0.25) is 0 Å². The quantitative estimate of drug-likeness (QED) is 0.395. The second-order valence-corrected chi connectivity index (χ2v) is 9.69. The fraction of sp³-hybridized carbons (Fsp3) is 0.346. The zero-order chi connectivity index (χ0) is 23.3. The van der Waals surface area contributed by atoms with Gasteiger partial charge in [-0.25, -0.2) is 9.97 Å². The molecule has 1 N–H and O–H groups in total. The number of morpholine rings is 1. The van der Waals surface area contributed by atoms with E-state index in [1.807, 2.05) is 30.5 Å². The van der Waals surface area contributed by atoms with Gasteiger partial charge in [-0.3, -0.25) is 9.88 Å². The number of aryl methyl sites for hydroxylation is 2. The summed E-state index contributed by atoms with van der Waals surface area (Å²) >= 11 is 1.74. The van der Waals surface area contributed by atoms with Gasteiger partial charge in [-0.2, -0.15) is 0 Å². The molecule has 5 rings (SSSR count). The highest BCUT2D eigenvalue weighted by molar-refractivity contribution is 7.18. The number of fused-ring (bicyclic) bond motifs is 1. The zero-order valence-electron chi connectivity index (χ0n) is 19.6. The van der Waals surface area contributed by atoms with Crippen LogP contribution in [0.15, 0.2) is 48.8 Å². The Labute approximate surface area is 203 Å². The summed E-state index contributed by atoms with van der Waals surface area (Å²) in [6.45, 7) is 9.61. The molecule has 0 spiro atoms. The molecule has 0 unspecified atom stereocenters. The second-order valence-electron chi connectivity index (χ2n) is 8.49. The molecule has 4 heterocycles.